The first kappa shape index (κ1) is 11.6. The third-order valence-electron chi connectivity index (χ3n) is 2.52. The molecule has 2 rings (SSSR count). The Balaban J connectivity index is 2.49. The highest BCUT2D eigenvalue weighted by Crippen LogP contribution is 2.28. The molecule has 0 saturated heterocycles. The molecule has 0 aliphatic carbocycles. The van der Waals surface area contributed by atoms with Crippen LogP contribution in [-0.2, 0) is 5.60 Å². The number of halogens is 2. The third kappa shape index (κ3) is 2.14. The first-order chi connectivity index (χ1) is 8.01. The van der Waals surface area contributed by atoms with Crippen LogP contribution >= 0.6 is 0 Å². The van der Waals surface area contributed by atoms with Crippen molar-refractivity contribution in [1.82, 2.24) is 9.97 Å². The number of nitrogens with zero attached hydrogens (tertiary/aromatic N) is 2. The van der Waals surface area contributed by atoms with Crippen molar-refractivity contribution in [1.29, 1.82) is 0 Å². The molecule has 0 saturated carbocycles. The van der Waals surface area contributed by atoms with E-state index in [9.17, 15) is 13.9 Å². The second-order valence-corrected chi connectivity index (χ2v) is 3.79. The smallest absolute Gasteiger partial charge is 0.147 e. The van der Waals surface area contributed by atoms with Gasteiger partial charge in [0.1, 0.15) is 17.2 Å². The van der Waals surface area contributed by atoms with E-state index in [0.29, 0.717) is 0 Å². The molecule has 1 atom stereocenters. The summed E-state index contributed by atoms with van der Waals surface area (Å²) in [6.45, 7) is 1.39. The maximum atomic E-state index is 13.5. The molecule has 1 N–H and O–H groups in total. The van der Waals surface area contributed by atoms with Gasteiger partial charge in [-0.3, -0.25) is 9.97 Å². The van der Waals surface area contributed by atoms with Crippen LogP contribution in [0.1, 0.15) is 18.2 Å². The molecule has 88 valence electrons. The molecule has 0 spiro atoms. The Bertz CT molecular complexity index is 526. The van der Waals surface area contributed by atoms with Crippen molar-refractivity contribution < 1.29 is 13.9 Å². The van der Waals surface area contributed by atoms with Crippen molar-refractivity contribution in [3.8, 4) is 0 Å². The second kappa shape index (κ2) is 4.18. The number of pyridine rings is 2. The lowest BCUT2D eigenvalue weighted by molar-refractivity contribution is 0.0929. The van der Waals surface area contributed by atoms with Gasteiger partial charge in [-0.15, -0.1) is 0 Å². The minimum absolute atomic E-state index is 0.0478. The molecular formula is C12H10F2N2O. The standard InChI is InChI=1S/C12H10F2N2O/c1-12(17,9-4-5-15-7-10(9)14)11-3-2-8(13)6-16-11/h2-7,17H,1H3. The Labute approximate surface area is 96.8 Å². The molecule has 1 unspecified atom stereocenters. The zero-order chi connectivity index (χ0) is 12.5. The van der Waals surface area contributed by atoms with Crippen LogP contribution in [-0.4, -0.2) is 15.1 Å². The lowest BCUT2D eigenvalue weighted by Gasteiger charge is -2.23. The van der Waals surface area contributed by atoms with Gasteiger partial charge in [0.25, 0.3) is 0 Å². The molecule has 0 fully saturated rings. The molecule has 0 amide bonds. The number of hydrogen-bond acceptors (Lipinski definition) is 3. The van der Waals surface area contributed by atoms with Crippen molar-refractivity contribution in [3.63, 3.8) is 0 Å². The number of aromatic nitrogens is 2. The summed E-state index contributed by atoms with van der Waals surface area (Å²) in [6, 6.07) is 3.84. The van der Waals surface area contributed by atoms with Crippen LogP contribution in [0, 0.1) is 11.6 Å². The maximum Gasteiger partial charge on any atom is 0.147 e. The van der Waals surface area contributed by atoms with Gasteiger partial charge in [-0.05, 0) is 25.1 Å². The average molecular weight is 236 g/mol. The van der Waals surface area contributed by atoms with E-state index in [-0.39, 0.29) is 11.3 Å². The van der Waals surface area contributed by atoms with Gasteiger partial charge in [0.2, 0.25) is 0 Å². The van der Waals surface area contributed by atoms with Crippen LogP contribution in [0.2, 0.25) is 0 Å². The summed E-state index contributed by atoms with van der Waals surface area (Å²) in [4.78, 5) is 7.36. The first-order valence-electron chi connectivity index (χ1n) is 4.96. The first-order valence-corrected chi connectivity index (χ1v) is 4.96. The number of aliphatic hydroxyl groups is 1. The minimum Gasteiger partial charge on any atom is -0.379 e. The number of hydrogen-bond donors (Lipinski definition) is 1. The summed E-state index contributed by atoms with van der Waals surface area (Å²) >= 11 is 0. The summed E-state index contributed by atoms with van der Waals surface area (Å²) in [6.07, 6.45) is 3.35. The van der Waals surface area contributed by atoms with Crippen LogP contribution in [0.4, 0.5) is 8.78 Å². The topological polar surface area (TPSA) is 46.0 Å². The van der Waals surface area contributed by atoms with Gasteiger partial charge in [0, 0.05) is 11.8 Å². The lowest BCUT2D eigenvalue weighted by Crippen LogP contribution is -2.25. The zero-order valence-electron chi connectivity index (χ0n) is 9.06. The maximum absolute atomic E-state index is 13.5. The van der Waals surface area contributed by atoms with Gasteiger partial charge in [0.15, 0.2) is 0 Å². The molecule has 0 aromatic carbocycles. The van der Waals surface area contributed by atoms with Gasteiger partial charge >= 0.3 is 0 Å². The van der Waals surface area contributed by atoms with E-state index >= 15 is 0 Å². The predicted octanol–water partition coefficient (Wildman–Crippen LogP) is 2.01. The van der Waals surface area contributed by atoms with Gasteiger partial charge in [0.05, 0.1) is 18.1 Å². The fourth-order valence-electron chi connectivity index (χ4n) is 1.57. The van der Waals surface area contributed by atoms with Crippen molar-refractivity contribution in [2.45, 2.75) is 12.5 Å². The molecule has 0 aliphatic heterocycles. The largest absolute Gasteiger partial charge is 0.379 e. The molecular weight excluding hydrogens is 226 g/mol. The Hall–Kier alpha value is -1.88. The van der Waals surface area contributed by atoms with Gasteiger partial charge in [-0.2, -0.15) is 0 Å². The SMILES string of the molecule is CC(O)(c1ccc(F)cn1)c1ccncc1F. The lowest BCUT2D eigenvalue weighted by atomic mass is 9.92. The quantitative estimate of drug-likeness (QED) is 0.867. The number of rotatable bonds is 2. The molecule has 0 aliphatic rings. The summed E-state index contributed by atoms with van der Waals surface area (Å²) in [5, 5.41) is 10.3. The molecule has 3 nitrogen and oxygen atoms in total. The summed E-state index contributed by atoms with van der Waals surface area (Å²) in [5.74, 6) is -1.15. The second-order valence-electron chi connectivity index (χ2n) is 3.79. The van der Waals surface area contributed by atoms with E-state index in [1.165, 1.54) is 25.3 Å². The predicted molar refractivity (Wildman–Crippen MR) is 57.1 cm³/mol. The Kier molecular flexibility index (Phi) is 2.85. The van der Waals surface area contributed by atoms with E-state index in [1.807, 2.05) is 0 Å². The molecule has 17 heavy (non-hydrogen) atoms. The van der Waals surface area contributed by atoms with E-state index < -0.39 is 17.2 Å². The van der Waals surface area contributed by atoms with E-state index in [0.717, 1.165) is 18.5 Å². The highest BCUT2D eigenvalue weighted by Gasteiger charge is 2.30. The van der Waals surface area contributed by atoms with Crippen LogP contribution in [0.25, 0.3) is 0 Å². The van der Waals surface area contributed by atoms with Gasteiger partial charge in [-0.25, -0.2) is 8.78 Å². The molecule has 0 radical (unpaired) electrons. The zero-order valence-corrected chi connectivity index (χ0v) is 9.06. The van der Waals surface area contributed by atoms with Crippen molar-refractivity contribution >= 4 is 0 Å². The highest BCUT2D eigenvalue weighted by atomic mass is 19.1. The molecule has 2 heterocycles. The fourth-order valence-corrected chi connectivity index (χ4v) is 1.57. The molecule has 2 aromatic heterocycles. The highest BCUT2D eigenvalue weighted by molar-refractivity contribution is 5.30. The fraction of sp³-hybridized carbons (Fsp3) is 0.167. The van der Waals surface area contributed by atoms with Gasteiger partial charge in [-0.1, -0.05) is 0 Å². The van der Waals surface area contributed by atoms with Crippen molar-refractivity contribution in [3.05, 3.63) is 59.7 Å². The van der Waals surface area contributed by atoms with E-state index in [4.69, 9.17) is 0 Å². The van der Waals surface area contributed by atoms with Crippen LogP contribution < -0.4 is 0 Å². The Morgan fingerprint density at radius 2 is 1.94 bits per heavy atom. The van der Waals surface area contributed by atoms with E-state index in [2.05, 4.69) is 9.97 Å². The summed E-state index contributed by atoms with van der Waals surface area (Å²) < 4.78 is 26.3. The van der Waals surface area contributed by atoms with E-state index in [1.54, 1.807) is 0 Å². The van der Waals surface area contributed by atoms with Gasteiger partial charge < -0.3 is 5.11 Å². The summed E-state index contributed by atoms with van der Waals surface area (Å²) in [7, 11) is 0. The van der Waals surface area contributed by atoms with Crippen LogP contribution in [0.3, 0.4) is 0 Å². The normalized spacial score (nSPS) is 14.4. The van der Waals surface area contributed by atoms with Crippen LogP contribution in [0.5, 0.6) is 0 Å². The molecule has 0 bridgehead atoms. The molecule has 2 aromatic rings. The summed E-state index contributed by atoms with van der Waals surface area (Å²) in [5.41, 5.74) is -1.41. The third-order valence-corrected chi connectivity index (χ3v) is 2.52. The minimum atomic E-state index is -1.62. The van der Waals surface area contributed by atoms with Crippen LogP contribution in [0.15, 0.2) is 36.8 Å². The Morgan fingerprint density at radius 3 is 2.53 bits per heavy atom. The molecule has 5 heteroatoms. The van der Waals surface area contributed by atoms with Crippen molar-refractivity contribution in [2.24, 2.45) is 0 Å². The monoisotopic (exact) mass is 236 g/mol. The average Bonchev–Trinajstić information content (AvgIpc) is 2.30. The Morgan fingerprint density at radius 1 is 1.18 bits per heavy atom. The van der Waals surface area contributed by atoms with Crippen molar-refractivity contribution in [2.75, 3.05) is 0 Å².